The van der Waals surface area contributed by atoms with Crippen molar-refractivity contribution in [2.24, 2.45) is 0 Å². The van der Waals surface area contributed by atoms with Crippen molar-refractivity contribution in [3.05, 3.63) is 34.1 Å². The fourth-order valence-electron chi connectivity index (χ4n) is 2.59. The van der Waals surface area contributed by atoms with Crippen LogP contribution in [0.1, 0.15) is 24.4 Å². The van der Waals surface area contributed by atoms with Crippen molar-refractivity contribution in [3.8, 4) is 11.5 Å². The van der Waals surface area contributed by atoms with Crippen molar-refractivity contribution in [2.75, 3.05) is 26.2 Å². The van der Waals surface area contributed by atoms with E-state index >= 15 is 0 Å². The van der Waals surface area contributed by atoms with E-state index in [0.717, 1.165) is 47.6 Å². The van der Waals surface area contributed by atoms with Gasteiger partial charge < -0.3 is 9.84 Å². The average Bonchev–Trinajstić information content (AvgIpc) is 3.00. The Morgan fingerprint density at radius 3 is 2.86 bits per heavy atom. The zero-order valence-electron chi connectivity index (χ0n) is 12.3. The summed E-state index contributed by atoms with van der Waals surface area (Å²) in [7, 11) is 0. The molecule has 0 radical (unpaired) electrons. The van der Waals surface area contributed by atoms with Crippen molar-refractivity contribution in [3.63, 3.8) is 0 Å². The lowest BCUT2D eigenvalue weighted by atomic mass is 10.1. The number of piperazine rings is 1. The fraction of sp³-hybridized carbons (Fsp3) is 0.467. The van der Waals surface area contributed by atoms with Crippen LogP contribution in [-0.2, 0) is 0 Å². The Labute approximate surface area is 132 Å². The van der Waals surface area contributed by atoms with Gasteiger partial charge in [0.25, 0.3) is 5.89 Å². The van der Waals surface area contributed by atoms with Crippen molar-refractivity contribution < 1.29 is 4.52 Å². The third-order valence-corrected chi connectivity index (χ3v) is 4.87. The molecule has 0 bridgehead atoms. The first kappa shape index (κ1) is 14.7. The van der Waals surface area contributed by atoms with Gasteiger partial charge in [0.2, 0.25) is 0 Å². The molecule has 112 valence electrons. The lowest BCUT2D eigenvalue weighted by Crippen LogP contribution is -2.44. The summed E-state index contributed by atoms with van der Waals surface area (Å²) >= 11 is 3.54. The predicted octanol–water partition coefficient (Wildman–Crippen LogP) is 2.77. The number of nitrogens with zero attached hydrogens (tertiary/aromatic N) is 3. The molecular formula is C15H19BrN4O. The monoisotopic (exact) mass is 350 g/mol. The van der Waals surface area contributed by atoms with Crippen molar-refractivity contribution in [1.29, 1.82) is 0 Å². The van der Waals surface area contributed by atoms with Crippen LogP contribution in [0.3, 0.4) is 0 Å². The van der Waals surface area contributed by atoms with Gasteiger partial charge in [0, 0.05) is 36.2 Å². The van der Waals surface area contributed by atoms with Gasteiger partial charge in [-0.15, -0.1) is 0 Å². The number of nitrogens with one attached hydrogen (secondary N) is 1. The smallest absolute Gasteiger partial charge is 0.258 e. The maximum Gasteiger partial charge on any atom is 0.258 e. The molecule has 1 aliphatic heterocycles. The van der Waals surface area contributed by atoms with Gasteiger partial charge in [0.1, 0.15) is 0 Å². The van der Waals surface area contributed by atoms with E-state index in [1.54, 1.807) is 0 Å². The second-order valence-corrected chi connectivity index (χ2v) is 6.19. The lowest BCUT2D eigenvalue weighted by molar-refractivity contribution is 0.176. The van der Waals surface area contributed by atoms with E-state index in [4.69, 9.17) is 4.52 Å². The largest absolute Gasteiger partial charge is 0.334 e. The van der Waals surface area contributed by atoms with Gasteiger partial charge in [-0.1, -0.05) is 27.2 Å². The second-order valence-electron chi connectivity index (χ2n) is 5.33. The minimum absolute atomic E-state index is 0.178. The average molecular weight is 351 g/mol. The van der Waals surface area contributed by atoms with Gasteiger partial charge in [-0.2, -0.15) is 4.98 Å². The molecule has 1 N–H and O–H groups in total. The zero-order chi connectivity index (χ0) is 14.8. The minimum Gasteiger partial charge on any atom is -0.334 e. The zero-order valence-corrected chi connectivity index (χ0v) is 13.9. The van der Waals surface area contributed by atoms with E-state index in [0.29, 0.717) is 5.89 Å². The van der Waals surface area contributed by atoms with Gasteiger partial charge in [0.05, 0.1) is 6.04 Å². The van der Waals surface area contributed by atoms with E-state index in [1.807, 2.05) is 25.1 Å². The molecule has 2 heterocycles. The van der Waals surface area contributed by atoms with Gasteiger partial charge in [0.15, 0.2) is 5.82 Å². The molecule has 1 aromatic carbocycles. The molecule has 0 amide bonds. The molecule has 1 unspecified atom stereocenters. The highest BCUT2D eigenvalue weighted by Gasteiger charge is 2.23. The number of halogens is 1. The Morgan fingerprint density at radius 2 is 2.10 bits per heavy atom. The summed E-state index contributed by atoms with van der Waals surface area (Å²) in [6.45, 7) is 8.23. The molecule has 21 heavy (non-hydrogen) atoms. The van der Waals surface area contributed by atoms with Crippen LogP contribution in [0.15, 0.2) is 27.2 Å². The quantitative estimate of drug-likeness (QED) is 0.922. The fourth-order valence-corrected chi connectivity index (χ4v) is 2.95. The van der Waals surface area contributed by atoms with Crippen LogP contribution >= 0.6 is 15.9 Å². The van der Waals surface area contributed by atoms with Crippen molar-refractivity contribution in [1.82, 2.24) is 20.4 Å². The first-order chi connectivity index (χ1) is 10.2. The molecule has 2 aromatic rings. The molecule has 0 aliphatic carbocycles. The molecule has 3 rings (SSSR count). The molecule has 1 atom stereocenters. The highest BCUT2D eigenvalue weighted by molar-refractivity contribution is 9.10. The van der Waals surface area contributed by atoms with Gasteiger partial charge in [-0.3, -0.25) is 4.90 Å². The van der Waals surface area contributed by atoms with E-state index in [9.17, 15) is 0 Å². The molecule has 1 saturated heterocycles. The van der Waals surface area contributed by atoms with Crippen molar-refractivity contribution >= 4 is 15.9 Å². The Morgan fingerprint density at radius 1 is 1.33 bits per heavy atom. The molecule has 1 aromatic heterocycles. The van der Waals surface area contributed by atoms with Crippen molar-refractivity contribution in [2.45, 2.75) is 19.9 Å². The van der Waals surface area contributed by atoms with Crippen LogP contribution in [0, 0.1) is 6.92 Å². The van der Waals surface area contributed by atoms with E-state index in [1.165, 1.54) is 0 Å². The molecule has 1 aliphatic rings. The summed E-state index contributed by atoms with van der Waals surface area (Å²) in [5, 5.41) is 7.53. The summed E-state index contributed by atoms with van der Waals surface area (Å²) < 4.78 is 6.53. The van der Waals surface area contributed by atoms with Crippen LogP contribution < -0.4 is 5.32 Å². The number of benzene rings is 1. The Kier molecular flexibility index (Phi) is 4.37. The van der Waals surface area contributed by atoms with Gasteiger partial charge in [-0.05, 0) is 31.5 Å². The first-order valence-corrected chi connectivity index (χ1v) is 8.00. The predicted molar refractivity (Wildman–Crippen MR) is 85.0 cm³/mol. The summed E-state index contributed by atoms with van der Waals surface area (Å²) in [6, 6.07) is 6.18. The van der Waals surface area contributed by atoms with Crippen LogP contribution in [0.4, 0.5) is 0 Å². The number of hydrogen-bond acceptors (Lipinski definition) is 5. The third-order valence-electron chi connectivity index (χ3n) is 4.01. The maximum atomic E-state index is 5.47. The molecule has 5 nitrogen and oxygen atoms in total. The molecule has 0 saturated carbocycles. The van der Waals surface area contributed by atoms with Crippen LogP contribution in [0.2, 0.25) is 0 Å². The molecule has 0 spiro atoms. The normalized spacial score (nSPS) is 17.9. The minimum atomic E-state index is 0.178. The summed E-state index contributed by atoms with van der Waals surface area (Å²) in [5.74, 6) is 1.34. The van der Waals surface area contributed by atoms with Gasteiger partial charge >= 0.3 is 0 Å². The topological polar surface area (TPSA) is 54.2 Å². The molecular weight excluding hydrogens is 332 g/mol. The standard InChI is InChI=1S/C15H19BrN4O/c1-10-12(4-3-5-13(10)16)15-18-14(19-21-15)11(2)20-8-6-17-7-9-20/h3-5,11,17H,6-9H2,1-2H3. The summed E-state index contributed by atoms with van der Waals surface area (Å²) in [6.07, 6.45) is 0. The molecule has 1 fully saturated rings. The second kappa shape index (κ2) is 6.25. The number of aromatic nitrogens is 2. The number of hydrogen-bond donors (Lipinski definition) is 1. The van der Waals surface area contributed by atoms with Crippen LogP contribution in [-0.4, -0.2) is 41.2 Å². The van der Waals surface area contributed by atoms with Crippen LogP contribution in [0.25, 0.3) is 11.5 Å². The third kappa shape index (κ3) is 3.02. The first-order valence-electron chi connectivity index (χ1n) is 7.20. The van der Waals surface area contributed by atoms with Crippen LogP contribution in [0.5, 0.6) is 0 Å². The number of rotatable bonds is 3. The Hall–Kier alpha value is -1.24. The summed E-state index contributed by atoms with van der Waals surface area (Å²) in [4.78, 5) is 6.97. The van der Waals surface area contributed by atoms with E-state index in [2.05, 4.69) is 43.2 Å². The Balaban J connectivity index is 1.84. The highest BCUT2D eigenvalue weighted by Crippen LogP contribution is 2.28. The van der Waals surface area contributed by atoms with E-state index in [-0.39, 0.29) is 6.04 Å². The summed E-state index contributed by atoms with van der Waals surface area (Å²) in [5.41, 5.74) is 2.10. The molecule has 6 heteroatoms. The SMILES string of the molecule is Cc1c(Br)cccc1-c1nc(C(C)N2CCNCC2)no1. The Bertz CT molecular complexity index is 622. The highest BCUT2D eigenvalue weighted by atomic mass is 79.9. The van der Waals surface area contributed by atoms with E-state index < -0.39 is 0 Å². The lowest BCUT2D eigenvalue weighted by Gasteiger charge is -2.30. The maximum absolute atomic E-state index is 5.47. The van der Waals surface area contributed by atoms with Gasteiger partial charge in [-0.25, -0.2) is 0 Å².